The van der Waals surface area contributed by atoms with Crippen molar-refractivity contribution in [1.82, 2.24) is 4.90 Å². The van der Waals surface area contributed by atoms with E-state index in [1.165, 1.54) is 17.4 Å². The minimum absolute atomic E-state index is 0.172. The number of hydrogen-bond donors (Lipinski definition) is 1. The number of amides is 1. The molecule has 1 rings (SSSR count). The number of nitriles is 1. The zero-order chi connectivity index (χ0) is 15.1. The number of carboxylic acids is 1. The lowest BCUT2D eigenvalue weighted by Gasteiger charge is -2.21. The van der Waals surface area contributed by atoms with Gasteiger partial charge in [0.2, 0.25) is 0 Å². The van der Waals surface area contributed by atoms with Crippen molar-refractivity contribution in [1.29, 1.82) is 5.26 Å². The van der Waals surface area contributed by atoms with E-state index < -0.39 is 5.97 Å². The molecule has 0 aliphatic heterocycles. The molecular weight excluding hydrogens is 276 g/mol. The van der Waals surface area contributed by atoms with Crippen molar-refractivity contribution in [2.75, 3.05) is 13.1 Å². The Balaban J connectivity index is 2.94. The van der Waals surface area contributed by atoms with E-state index in [-0.39, 0.29) is 11.8 Å². The van der Waals surface area contributed by atoms with Gasteiger partial charge in [0.15, 0.2) is 0 Å². The molecule has 0 spiro atoms. The van der Waals surface area contributed by atoms with Crippen LogP contribution in [0.2, 0.25) is 0 Å². The van der Waals surface area contributed by atoms with Crippen LogP contribution in [0.25, 0.3) is 6.08 Å². The van der Waals surface area contributed by atoms with Crippen molar-refractivity contribution >= 4 is 29.3 Å². The number of carbonyl (C=O) groups is 2. The molecule has 0 aromatic carbocycles. The highest BCUT2D eigenvalue weighted by atomic mass is 32.1. The fourth-order valence-corrected chi connectivity index (χ4v) is 2.51. The van der Waals surface area contributed by atoms with Crippen LogP contribution >= 0.6 is 11.3 Å². The lowest BCUT2D eigenvalue weighted by molar-refractivity contribution is -0.131. The van der Waals surface area contributed by atoms with Gasteiger partial charge in [-0.15, -0.1) is 11.3 Å². The van der Waals surface area contributed by atoms with Crippen molar-refractivity contribution in [3.05, 3.63) is 28.0 Å². The molecule has 0 bridgehead atoms. The predicted octanol–water partition coefficient (Wildman–Crippen LogP) is 2.47. The molecule has 1 heterocycles. The first-order valence-corrected chi connectivity index (χ1v) is 7.05. The van der Waals surface area contributed by atoms with Crippen LogP contribution in [0.3, 0.4) is 0 Å². The lowest BCUT2D eigenvalue weighted by atomic mass is 10.1. The molecule has 5 nitrogen and oxygen atoms in total. The smallest absolute Gasteiger partial charge is 0.328 e. The summed E-state index contributed by atoms with van der Waals surface area (Å²) in [5.41, 5.74) is 0.588. The first-order chi connectivity index (χ1) is 9.49. The molecule has 0 saturated carbocycles. The molecule has 0 radical (unpaired) electrons. The van der Waals surface area contributed by atoms with E-state index in [1.807, 2.05) is 6.92 Å². The van der Waals surface area contributed by atoms with E-state index in [0.29, 0.717) is 23.5 Å². The van der Waals surface area contributed by atoms with Crippen LogP contribution in [0.15, 0.2) is 17.5 Å². The highest BCUT2D eigenvalue weighted by molar-refractivity contribution is 7.12. The molecule has 6 heteroatoms. The zero-order valence-corrected chi connectivity index (χ0v) is 12.2. The normalized spacial score (nSPS) is 12.1. The molecule has 0 fully saturated rings. The molecule has 0 aliphatic rings. The Kier molecular flexibility index (Phi) is 5.94. The van der Waals surface area contributed by atoms with Gasteiger partial charge in [-0.2, -0.15) is 5.26 Å². The fourth-order valence-electron chi connectivity index (χ4n) is 1.66. The molecule has 0 saturated heterocycles. The first kappa shape index (κ1) is 15.9. The standard InChI is InChI=1S/C14H16N2O3S/c1-3-16(9-10(2)8-15)14(19)13-11(6-7-20-13)4-5-12(17)18/h4-7,10H,3,9H2,1-2H3,(H,17,18). The van der Waals surface area contributed by atoms with E-state index in [0.717, 1.165) is 6.08 Å². The first-order valence-electron chi connectivity index (χ1n) is 6.17. The summed E-state index contributed by atoms with van der Waals surface area (Å²) in [5, 5.41) is 19.2. The topological polar surface area (TPSA) is 81.4 Å². The van der Waals surface area contributed by atoms with E-state index in [2.05, 4.69) is 6.07 Å². The monoisotopic (exact) mass is 292 g/mol. The summed E-state index contributed by atoms with van der Waals surface area (Å²) in [6.07, 6.45) is 2.42. The summed E-state index contributed by atoms with van der Waals surface area (Å²) >= 11 is 1.27. The van der Waals surface area contributed by atoms with Gasteiger partial charge in [-0.1, -0.05) is 0 Å². The molecule has 0 aliphatic carbocycles. The SMILES string of the molecule is CCN(CC(C)C#N)C(=O)c1sccc1C=CC(=O)O. The second-order valence-electron chi connectivity index (χ2n) is 4.25. The summed E-state index contributed by atoms with van der Waals surface area (Å²) in [5.74, 6) is -1.47. The molecule has 1 N–H and O–H groups in total. The summed E-state index contributed by atoms with van der Waals surface area (Å²) in [6, 6.07) is 3.81. The largest absolute Gasteiger partial charge is 0.478 e. The Hall–Kier alpha value is -2.13. The number of thiophene rings is 1. The van der Waals surface area contributed by atoms with Crippen molar-refractivity contribution in [3.63, 3.8) is 0 Å². The minimum Gasteiger partial charge on any atom is -0.478 e. The van der Waals surface area contributed by atoms with Gasteiger partial charge in [-0.05, 0) is 36.9 Å². The van der Waals surface area contributed by atoms with Crippen LogP contribution in [0, 0.1) is 17.2 Å². The van der Waals surface area contributed by atoms with E-state index in [1.54, 1.807) is 23.3 Å². The lowest BCUT2D eigenvalue weighted by Crippen LogP contribution is -2.34. The van der Waals surface area contributed by atoms with Gasteiger partial charge >= 0.3 is 5.97 Å². The third-order valence-electron chi connectivity index (χ3n) is 2.68. The Labute approximate surface area is 121 Å². The maximum atomic E-state index is 12.4. The maximum absolute atomic E-state index is 12.4. The van der Waals surface area contributed by atoms with Crippen LogP contribution in [-0.4, -0.2) is 35.0 Å². The quantitative estimate of drug-likeness (QED) is 0.817. The Morgan fingerprint density at radius 1 is 1.60 bits per heavy atom. The van der Waals surface area contributed by atoms with Crippen molar-refractivity contribution < 1.29 is 14.7 Å². The van der Waals surface area contributed by atoms with Gasteiger partial charge in [0, 0.05) is 19.2 Å². The van der Waals surface area contributed by atoms with Gasteiger partial charge in [0.25, 0.3) is 5.91 Å². The molecule has 1 aromatic heterocycles. The van der Waals surface area contributed by atoms with Gasteiger partial charge in [-0.25, -0.2) is 4.79 Å². The number of carbonyl (C=O) groups excluding carboxylic acids is 1. The molecule has 1 amide bonds. The van der Waals surface area contributed by atoms with Crippen molar-refractivity contribution in [2.45, 2.75) is 13.8 Å². The van der Waals surface area contributed by atoms with Gasteiger partial charge in [0.1, 0.15) is 0 Å². The van der Waals surface area contributed by atoms with Crippen LogP contribution in [0.1, 0.15) is 29.1 Å². The molecular formula is C14H16N2O3S. The summed E-state index contributed by atoms with van der Waals surface area (Å²) < 4.78 is 0. The van der Waals surface area contributed by atoms with Gasteiger partial charge in [0.05, 0.1) is 16.9 Å². The second kappa shape index (κ2) is 7.46. The van der Waals surface area contributed by atoms with Crippen LogP contribution in [-0.2, 0) is 4.79 Å². The molecule has 106 valence electrons. The number of carboxylic acid groups (broad SMARTS) is 1. The summed E-state index contributed by atoms with van der Waals surface area (Å²) in [6.45, 7) is 4.48. The highest BCUT2D eigenvalue weighted by Crippen LogP contribution is 2.21. The van der Waals surface area contributed by atoms with Crippen LogP contribution in [0.4, 0.5) is 0 Å². The highest BCUT2D eigenvalue weighted by Gasteiger charge is 2.19. The van der Waals surface area contributed by atoms with Gasteiger partial charge < -0.3 is 10.0 Å². The number of nitrogens with zero attached hydrogens (tertiary/aromatic N) is 2. The van der Waals surface area contributed by atoms with Crippen molar-refractivity contribution in [2.24, 2.45) is 5.92 Å². The zero-order valence-electron chi connectivity index (χ0n) is 11.4. The Morgan fingerprint density at radius 3 is 2.85 bits per heavy atom. The summed E-state index contributed by atoms with van der Waals surface area (Å²) in [7, 11) is 0. The molecule has 1 aromatic rings. The van der Waals surface area contributed by atoms with Crippen molar-refractivity contribution in [3.8, 4) is 6.07 Å². The maximum Gasteiger partial charge on any atom is 0.328 e. The van der Waals surface area contributed by atoms with E-state index >= 15 is 0 Å². The number of rotatable bonds is 6. The number of aliphatic carboxylic acids is 1. The summed E-state index contributed by atoms with van der Waals surface area (Å²) in [4.78, 5) is 25.0. The third kappa shape index (κ3) is 4.21. The van der Waals surface area contributed by atoms with E-state index in [4.69, 9.17) is 10.4 Å². The average molecular weight is 292 g/mol. The van der Waals surface area contributed by atoms with E-state index in [9.17, 15) is 9.59 Å². The minimum atomic E-state index is -1.06. The fraction of sp³-hybridized carbons (Fsp3) is 0.357. The Morgan fingerprint density at radius 2 is 2.30 bits per heavy atom. The second-order valence-corrected chi connectivity index (χ2v) is 5.17. The Bertz CT molecular complexity index is 557. The predicted molar refractivity (Wildman–Crippen MR) is 77.3 cm³/mol. The third-order valence-corrected chi connectivity index (χ3v) is 3.60. The average Bonchev–Trinajstić information content (AvgIpc) is 2.89. The van der Waals surface area contributed by atoms with Gasteiger partial charge in [-0.3, -0.25) is 4.79 Å². The molecule has 1 unspecified atom stereocenters. The van der Waals surface area contributed by atoms with Crippen LogP contribution in [0.5, 0.6) is 0 Å². The molecule has 1 atom stereocenters. The van der Waals surface area contributed by atoms with Crippen LogP contribution < -0.4 is 0 Å². The number of hydrogen-bond acceptors (Lipinski definition) is 4. The molecule has 20 heavy (non-hydrogen) atoms.